The maximum atomic E-state index is 12.8. The fraction of sp³-hybridized carbons (Fsp3) is 0.591. The van der Waals surface area contributed by atoms with Crippen LogP contribution in [0.2, 0.25) is 0 Å². The van der Waals surface area contributed by atoms with Crippen molar-refractivity contribution in [1.29, 1.82) is 0 Å². The maximum Gasteiger partial charge on any atom is 0.254 e. The van der Waals surface area contributed by atoms with Crippen LogP contribution >= 0.6 is 0 Å². The molecule has 2 aromatic heterocycles. The summed E-state index contributed by atoms with van der Waals surface area (Å²) < 4.78 is 6.84. The van der Waals surface area contributed by atoms with Gasteiger partial charge in [-0.2, -0.15) is 4.98 Å². The van der Waals surface area contributed by atoms with Crippen molar-refractivity contribution >= 4 is 17.7 Å². The number of ether oxygens (including phenoxy) is 1. The van der Waals surface area contributed by atoms with E-state index < -0.39 is 0 Å². The van der Waals surface area contributed by atoms with E-state index in [9.17, 15) is 9.59 Å². The molecule has 2 aliphatic heterocycles. The third-order valence-electron chi connectivity index (χ3n) is 6.28. The molecule has 10 nitrogen and oxygen atoms in total. The number of hydrogen-bond donors (Lipinski definition) is 0. The van der Waals surface area contributed by atoms with Gasteiger partial charge in [-0.05, 0) is 19.8 Å². The number of carbonyl (C=O) groups is 1. The van der Waals surface area contributed by atoms with Gasteiger partial charge in [0.25, 0.3) is 5.56 Å². The highest BCUT2D eigenvalue weighted by Gasteiger charge is 2.27. The first-order chi connectivity index (χ1) is 15.6. The van der Waals surface area contributed by atoms with Gasteiger partial charge in [-0.1, -0.05) is 0 Å². The van der Waals surface area contributed by atoms with Gasteiger partial charge in [-0.25, -0.2) is 9.97 Å². The summed E-state index contributed by atoms with van der Waals surface area (Å²) in [6.45, 7) is 7.55. The zero-order chi connectivity index (χ0) is 22.1. The molecule has 3 fully saturated rings. The number of anilines is 2. The Labute approximate surface area is 186 Å². The molecule has 0 unspecified atom stereocenters. The van der Waals surface area contributed by atoms with E-state index in [1.807, 2.05) is 13.0 Å². The van der Waals surface area contributed by atoms with Crippen molar-refractivity contribution in [3.05, 3.63) is 40.2 Å². The summed E-state index contributed by atoms with van der Waals surface area (Å²) in [4.78, 5) is 45.0. The molecule has 5 rings (SSSR count). The van der Waals surface area contributed by atoms with Gasteiger partial charge in [0.15, 0.2) is 0 Å². The molecular formula is C22H29N7O3. The Bertz CT molecular complexity index is 1040. The molecule has 10 heteroatoms. The van der Waals surface area contributed by atoms with Gasteiger partial charge >= 0.3 is 0 Å². The van der Waals surface area contributed by atoms with Crippen molar-refractivity contribution in [2.24, 2.45) is 0 Å². The Kier molecular flexibility index (Phi) is 5.77. The molecule has 0 aromatic carbocycles. The summed E-state index contributed by atoms with van der Waals surface area (Å²) in [5.41, 5.74) is 1.62. The molecule has 2 saturated heterocycles. The smallest absolute Gasteiger partial charge is 0.254 e. The Balaban J connectivity index is 1.20. The van der Waals surface area contributed by atoms with Gasteiger partial charge in [0.1, 0.15) is 12.4 Å². The van der Waals surface area contributed by atoms with Crippen LogP contribution in [-0.2, 0) is 16.1 Å². The number of hydrogen-bond acceptors (Lipinski definition) is 8. The number of carbonyl (C=O) groups excluding carboxylic acids is 1. The van der Waals surface area contributed by atoms with E-state index in [1.165, 1.54) is 10.9 Å². The average Bonchev–Trinajstić information content (AvgIpc) is 3.66. The zero-order valence-corrected chi connectivity index (χ0v) is 18.4. The van der Waals surface area contributed by atoms with Crippen LogP contribution in [0.1, 0.15) is 30.1 Å². The molecule has 170 valence electrons. The van der Waals surface area contributed by atoms with Crippen molar-refractivity contribution in [2.75, 3.05) is 62.3 Å². The fourth-order valence-electron chi connectivity index (χ4n) is 4.20. The minimum Gasteiger partial charge on any atom is -0.378 e. The summed E-state index contributed by atoms with van der Waals surface area (Å²) in [6, 6.07) is 3.58. The van der Waals surface area contributed by atoms with Crippen LogP contribution in [0.3, 0.4) is 0 Å². The summed E-state index contributed by atoms with van der Waals surface area (Å²) in [5.74, 6) is 1.99. The molecule has 1 amide bonds. The van der Waals surface area contributed by atoms with E-state index >= 15 is 0 Å². The van der Waals surface area contributed by atoms with E-state index in [1.54, 1.807) is 11.0 Å². The maximum absolute atomic E-state index is 12.8. The molecule has 1 aliphatic carbocycles. The van der Waals surface area contributed by atoms with E-state index in [0.717, 1.165) is 43.1 Å². The van der Waals surface area contributed by atoms with Crippen molar-refractivity contribution in [2.45, 2.75) is 32.2 Å². The van der Waals surface area contributed by atoms with Crippen molar-refractivity contribution in [1.82, 2.24) is 24.4 Å². The number of aromatic nitrogens is 4. The number of nitrogens with zero attached hydrogens (tertiary/aromatic N) is 7. The van der Waals surface area contributed by atoms with Crippen molar-refractivity contribution in [3.8, 4) is 0 Å². The Morgan fingerprint density at radius 1 is 1.03 bits per heavy atom. The predicted octanol–water partition coefficient (Wildman–Crippen LogP) is 0.405. The molecule has 0 spiro atoms. The van der Waals surface area contributed by atoms with Crippen LogP contribution < -0.4 is 15.4 Å². The molecule has 0 bridgehead atoms. The minimum absolute atomic E-state index is 0.0267. The Morgan fingerprint density at radius 3 is 2.47 bits per heavy atom. The second-order valence-corrected chi connectivity index (χ2v) is 8.69. The molecule has 0 N–H and O–H groups in total. The molecule has 32 heavy (non-hydrogen) atoms. The zero-order valence-electron chi connectivity index (χ0n) is 18.4. The monoisotopic (exact) mass is 439 g/mol. The van der Waals surface area contributed by atoms with E-state index in [0.29, 0.717) is 51.3 Å². The number of aryl methyl sites for hydroxylation is 1. The topological polar surface area (TPSA) is 96.7 Å². The third kappa shape index (κ3) is 4.59. The Hall–Kier alpha value is -3.01. The quantitative estimate of drug-likeness (QED) is 0.661. The lowest BCUT2D eigenvalue weighted by Crippen LogP contribution is -2.50. The molecule has 0 radical (unpaired) electrons. The van der Waals surface area contributed by atoms with Crippen molar-refractivity contribution in [3.63, 3.8) is 0 Å². The highest BCUT2D eigenvalue weighted by Crippen LogP contribution is 2.38. The highest BCUT2D eigenvalue weighted by molar-refractivity contribution is 5.76. The van der Waals surface area contributed by atoms with Gasteiger partial charge in [-0.3, -0.25) is 14.2 Å². The molecular weight excluding hydrogens is 410 g/mol. The highest BCUT2D eigenvalue weighted by atomic mass is 16.5. The van der Waals surface area contributed by atoms with E-state index in [4.69, 9.17) is 9.72 Å². The van der Waals surface area contributed by atoms with Gasteiger partial charge in [0, 0.05) is 63.0 Å². The first-order valence-electron chi connectivity index (χ1n) is 11.3. The summed E-state index contributed by atoms with van der Waals surface area (Å²) in [7, 11) is 0. The standard InChI is InChI=1S/C22H29N7O3/c1-16-12-19(26-8-10-32-11-9-26)25-22(24-16)28-6-4-27(5-7-28)21(31)14-29-15-23-18(13-20(29)30)17-2-3-17/h12-13,15,17H,2-11,14H2,1H3. The van der Waals surface area contributed by atoms with Gasteiger partial charge in [0.2, 0.25) is 11.9 Å². The summed E-state index contributed by atoms with van der Waals surface area (Å²) in [5, 5.41) is 0. The molecule has 3 aliphatic rings. The Morgan fingerprint density at radius 2 is 1.78 bits per heavy atom. The molecule has 1 saturated carbocycles. The predicted molar refractivity (Wildman–Crippen MR) is 119 cm³/mol. The fourth-order valence-corrected chi connectivity index (χ4v) is 4.20. The first-order valence-corrected chi connectivity index (χ1v) is 11.3. The normalized spacial score (nSPS) is 19.3. The van der Waals surface area contributed by atoms with Gasteiger partial charge < -0.3 is 19.4 Å². The molecule has 4 heterocycles. The lowest BCUT2D eigenvalue weighted by molar-refractivity contribution is -0.132. The summed E-state index contributed by atoms with van der Waals surface area (Å²) >= 11 is 0. The van der Waals surface area contributed by atoms with E-state index in [-0.39, 0.29) is 18.0 Å². The number of amides is 1. The van der Waals surface area contributed by atoms with Crippen LogP contribution in [0, 0.1) is 6.92 Å². The summed E-state index contributed by atoms with van der Waals surface area (Å²) in [6.07, 6.45) is 3.70. The SMILES string of the molecule is Cc1cc(N2CCOCC2)nc(N2CCN(C(=O)Cn3cnc(C4CC4)cc3=O)CC2)n1. The van der Waals surface area contributed by atoms with Crippen LogP contribution in [-0.4, -0.2) is 82.8 Å². The van der Waals surface area contributed by atoms with Gasteiger partial charge in [0.05, 0.1) is 25.2 Å². The molecule has 0 atom stereocenters. The van der Waals surface area contributed by atoms with Crippen LogP contribution in [0.25, 0.3) is 0 Å². The third-order valence-corrected chi connectivity index (χ3v) is 6.28. The number of piperazine rings is 1. The first kappa shape index (κ1) is 20.9. The lowest BCUT2D eigenvalue weighted by Gasteiger charge is -2.35. The second-order valence-electron chi connectivity index (χ2n) is 8.69. The number of rotatable bonds is 5. The largest absolute Gasteiger partial charge is 0.378 e. The average molecular weight is 440 g/mol. The van der Waals surface area contributed by atoms with Crippen LogP contribution in [0.15, 0.2) is 23.3 Å². The minimum atomic E-state index is -0.155. The molecule has 2 aromatic rings. The lowest BCUT2D eigenvalue weighted by atomic mass is 10.3. The van der Waals surface area contributed by atoms with Crippen molar-refractivity contribution < 1.29 is 9.53 Å². The van der Waals surface area contributed by atoms with Gasteiger partial charge in [-0.15, -0.1) is 0 Å². The van der Waals surface area contributed by atoms with E-state index in [2.05, 4.69) is 19.8 Å². The second kappa shape index (κ2) is 8.85. The number of morpholine rings is 1. The van der Waals surface area contributed by atoms with Crippen LogP contribution in [0.4, 0.5) is 11.8 Å². The van der Waals surface area contributed by atoms with Crippen LogP contribution in [0.5, 0.6) is 0 Å².